The second-order valence-electron chi connectivity index (χ2n) is 6.50. The van der Waals surface area contributed by atoms with E-state index in [4.69, 9.17) is 0 Å². The molecule has 3 heteroatoms. The Bertz CT molecular complexity index is 474. The number of piperidine rings is 1. The minimum absolute atomic E-state index is 0. The monoisotopic (exact) mass is 292 g/mol. The van der Waals surface area contributed by atoms with Crippen LogP contribution in [0.15, 0.2) is 18.2 Å². The van der Waals surface area contributed by atoms with Crippen LogP contribution in [0.3, 0.4) is 0 Å². The van der Waals surface area contributed by atoms with Gasteiger partial charge in [0, 0.05) is 24.3 Å². The van der Waals surface area contributed by atoms with E-state index in [1.54, 1.807) is 11.1 Å². The first kappa shape index (κ1) is 14.2. The highest BCUT2D eigenvalue weighted by Gasteiger charge is 2.40. The summed E-state index contributed by atoms with van der Waals surface area (Å²) in [6, 6.07) is 7.26. The van der Waals surface area contributed by atoms with Crippen molar-refractivity contribution < 1.29 is 0 Å². The van der Waals surface area contributed by atoms with Crippen LogP contribution in [-0.4, -0.2) is 19.6 Å². The average Bonchev–Trinajstić information content (AvgIpc) is 3.09. The van der Waals surface area contributed by atoms with Crippen molar-refractivity contribution >= 4 is 18.1 Å². The lowest BCUT2D eigenvalue weighted by Crippen LogP contribution is -2.35. The largest absolute Gasteiger partial charge is 0.372 e. The third-order valence-corrected chi connectivity index (χ3v) is 5.40. The third kappa shape index (κ3) is 2.23. The fourth-order valence-corrected chi connectivity index (χ4v) is 4.31. The maximum absolute atomic E-state index is 3.80. The fourth-order valence-electron chi connectivity index (χ4n) is 4.31. The van der Waals surface area contributed by atoms with Crippen LogP contribution in [0.1, 0.15) is 49.7 Å². The zero-order valence-electron chi connectivity index (χ0n) is 12.2. The number of anilines is 1. The predicted molar refractivity (Wildman–Crippen MR) is 87.0 cm³/mol. The molecule has 0 radical (unpaired) electrons. The van der Waals surface area contributed by atoms with Gasteiger partial charge in [-0.25, -0.2) is 0 Å². The van der Waals surface area contributed by atoms with Gasteiger partial charge in [0.1, 0.15) is 0 Å². The zero-order valence-corrected chi connectivity index (χ0v) is 13.0. The van der Waals surface area contributed by atoms with E-state index < -0.39 is 0 Å². The van der Waals surface area contributed by atoms with Crippen molar-refractivity contribution in [3.8, 4) is 0 Å². The maximum Gasteiger partial charge on any atom is 0.0441 e. The molecule has 1 N–H and O–H groups in total. The van der Waals surface area contributed by atoms with Crippen LogP contribution >= 0.6 is 12.4 Å². The smallest absolute Gasteiger partial charge is 0.0441 e. The molecular formula is C17H25ClN2. The summed E-state index contributed by atoms with van der Waals surface area (Å²) in [7, 11) is 0. The number of rotatable bonds is 1. The molecule has 110 valence electrons. The molecule has 0 bridgehead atoms. The van der Waals surface area contributed by atoms with Crippen LogP contribution in [0.4, 0.5) is 5.69 Å². The van der Waals surface area contributed by atoms with Gasteiger partial charge in [-0.1, -0.05) is 6.07 Å². The normalized spacial score (nSPS) is 28.5. The maximum atomic E-state index is 3.80. The van der Waals surface area contributed by atoms with Gasteiger partial charge in [0.25, 0.3) is 0 Å². The first-order valence-corrected chi connectivity index (χ1v) is 8.01. The number of benzene rings is 1. The molecule has 2 saturated heterocycles. The minimum Gasteiger partial charge on any atom is -0.372 e. The van der Waals surface area contributed by atoms with Gasteiger partial charge in [-0.3, -0.25) is 0 Å². The standard InChI is InChI=1S/C17H24N2.ClH/c1-2-11-19(12-3-1)15-6-5-14-7-9-17(16(14)13-15)8-4-10-18-17;/h5-6,13,18H,1-4,7-12H2;1H. The molecule has 2 aliphatic heterocycles. The highest BCUT2D eigenvalue weighted by Crippen LogP contribution is 2.44. The molecular weight excluding hydrogens is 268 g/mol. The Labute approximate surface area is 128 Å². The fraction of sp³-hybridized carbons (Fsp3) is 0.647. The molecule has 1 aromatic rings. The molecule has 1 unspecified atom stereocenters. The number of fused-ring (bicyclic) bond motifs is 2. The molecule has 1 aromatic carbocycles. The Morgan fingerprint density at radius 1 is 1.00 bits per heavy atom. The van der Waals surface area contributed by atoms with Crippen molar-refractivity contribution in [2.45, 2.75) is 50.5 Å². The van der Waals surface area contributed by atoms with Gasteiger partial charge in [-0.2, -0.15) is 0 Å². The molecule has 0 saturated carbocycles. The van der Waals surface area contributed by atoms with Crippen LogP contribution in [0.5, 0.6) is 0 Å². The summed E-state index contributed by atoms with van der Waals surface area (Å²) < 4.78 is 0. The van der Waals surface area contributed by atoms with Gasteiger partial charge in [0.2, 0.25) is 0 Å². The van der Waals surface area contributed by atoms with E-state index in [9.17, 15) is 0 Å². The second-order valence-corrected chi connectivity index (χ2v) is 6.50. The Morgan fingerprint density at radius 2 is 1.85 bits per heavy atom. The Morgan fingerprint density at radius 3 is 2.60 bits per heavy atom. The zero-order chi connectivity index (χ0) is 12.7. The van der Waals surface area contributed by atoms with Crippen LogP contribution in [0.2, 0.25) is 0 Å². The molecule has 2 fully saturated rings. The van der Waals surface area contributed by atoms with Crippen molar-refractivity contribution in [2.24, 2.45) is 0 Å². The molecule has 3 aliphatic rings. The number of halogens is 1. The Kier molecular flexibility index (Phi) is 3.96. The van der Waals surface area contributed by atoms with Gasteiger partial charge in [0.15, 0.2) is 0 Å². The molecule has 2 heterocycles. The molecule has 0 amide bonds. The number of aryl methyl sites for hydroxylation is 1. The summed E-state index contributed by atoms with van der Waals surface area (Å²) in [6.07, 6.45) is 9.39. The third-order valence-electron chi connectivity index (χ3n) is 5.40. The number of nitrogens with one attached hydrogen (secondary N) is 1. The summed E-state index contributed by atoms with van der Waals surface area (Å²) in [5, 5.41) is 3.80. The molecule has 0 aromatic heterocycles. The SMILES string of the molecule is Cl.c1cc2c(cc1N1CCCCC1)C1(CCCN1)CC2. The summed E-state index contributed by atoms with van der Waals surface area (Å²) in [6.45, 7) is 3.70. The number of hydrogen-bond acceptors (Lipinski definition) is 2. The van der Waals surface area contributed by atoms with Gasteiger partial charge in [-0.15, -0.1) is 12.4 Å². The molecule has 20 heavy (non-hydrogen) atoms. The quantitative estimate of drug-likeness (QED) is 0.850. The highest BCUT2D eigenvalue weighted by atomic mass is 35.5. The van der Waals surface area contributed by atoms with Gasteiger partial charge in [-0.05, 0) is 74.8 Å². The van der Waals surface area contributed by atoms with Crippen molar-refractivity contribution in [3.05, 3.63) is 29.3 Å². The van der Waals surface area contributed by atoms with Gasteiger partial charge < -0.3 is 10.2 Å². The summed E-state index contributed by atoms with van der Waals surface area (Å²) in [5.74, 6) is 0. The summed E-state index contributed by atoms with van der Waals surface area (Å²) in [5.41, 5.74) is 5.01. The highest BCUT2D eigenvalue weighted by molar-refractivity contribution is 5.85. The number of hydrogen-bond donors (Lipinski definition) is 1. The molecule has 2 nitrogen and oxygen atoms in total. The van der Waals surface area contributed by atoms with E-state index >= 15 is 0 Å². The van der Waals surface area contributed by atoms with Crippen molar-refractivity contribution in [1.29, 1.82) is 0 Å². The predicted octanol–water partition coefficient (Wildman–Crippen LogP) is 3.62. The lowest BCUT2D eigenvalue weighted by molar-refractivity contribution is 0.389. The van der Waals surface area contributed by atoms with Crippen LogP contribution < -0.4 is 10.2 Å². The van der Waals surface area contributed by atoms with Gasteiger partial charge in [0.05, 0.1) is 0 Å². The Hall–Kier alpha value is -0.730. The second kappa shape index (κ2) is 5.57. The van der Waals surface area contributed by atoms with Crippen molar-refractivity contribution in [3.63, 3.8) is 0 Å². The van der Waals surface area contributed by atoms with Crippen LogP contribution in [0.25, 0.3) is 0 Å². The number of nitrogens with zero attached hydrogens (tertiary/aromatic N) is 1. The van der Waals surface area contributed by atoms with E-state index in [-0.39, 0.29) is 12.4 Å². The Balaban J connectivity index is 0.00000121. The van der Waals surface area contributed by atoms with Gasteiger partial charge >= 0.3 is 0 Å². The average molecular weight is 293 g/mol. The molecule has 1 spiro atoms. The van der Waals surface area contributed by atoms with E-state index in [0.717, 1.165) is 0 Å². The van der Waals surface area contributed by atoms with E-state index in [2.05, 4.69) is 28.4 Å². The van der Waals surface area contributed by atoms with E-state index in [0.29, 0.717) is 5.54 Å². The first-order chi connectivity index (χ1) is 9.37. The van der Waals surface area contributed by atoms with Crippen molar-refractivity contribution in [2.75, 3.05) is 24.5 Å². The summed E-state index contributed by atoms with van der Waals surface area (Å²) in [4.78, 5) is 2.59. The molecule has 1 aliphatic carbocycles. The topological polar surface area (TPSA) is 15.3 Å². The van der Waals surface area contributed by atoms with E-state index in [1.165, 1.54) is 70.3 Å². The lowest BCUT2D eigenvalue weighted by Gasteiger charge is -2.31. The van der Waals surface area contributed by atoms with Crippen LogP contribution in [-0.2, 0) is 12.0 Å². The van der Waals surface area contributed by atoms with E-state index in [1.807, 2.05) is 0 Å². The first-order valence-electron chi connectivity index (χ1n) is 8.01. The van der Waals surface area contributed by atoms with Crippen LogP contribution in [0, 0.1) is 0 Å². The van der Waals surface area contributed by atoms with Crippen molar-refractivity contribution in [1.82, 2.24) is 5.32 Å². The minimum atomic E-state index is 0. The summed E-state index contributed by atoms with van der Waals surface area (Å²) >= 11 is 0. The molecule has 4 rings (SSSR count). The lowest BCUT2D eigenvalue weighted by atomic mass is 9.90. The molecule has 1 atom stereocenters.